The highest BCUT2D eigenvalue weighted by Gasteiger charge is 2.25. The predicted octanol–water partition coefficient (Wildman–Crippen LogP) is 2.02. The lowest BCUT2D eigenvalue weighted by Gasteiger charge is -2.17. The van der Waals surface area contributed by atoms with Crippen molar-refractivity contribution in [1.82, 2.24) is 5.32 Å². The van der Waals surface area contributed by atoms with Crippen molar-refractivity contribution in [3.63, 3.8) is 0 Å². The van der Waals surface area contributed by atoms with Crippen LogP contribution >= 0.6 is 0 Å². The lowest BCUT2D eigenvalue weighted by molar-refractivity contribution is 0.0926. The molecule has 1 aromatic carbocycles. The first-order valence-electron chi connectivity index (χ1n) is 5.91. The van der Waals surface area contributed by atoms with Crippen LogP contribution in [0, 0.1) is 5.92 Å². The van der Waals surface area contributed by atoms with Gasteiger partial charge in [0.25, 0.3) is 5.91 Å². The number of nitrogens with one attached hydrogen (secondary N) is 1. The largest absolute Gasteiger partial charge is 0.508 e. The number of hydrogen-bond donors (Lipinski definition) is 3. The number of carbonyl (C=O) groups is 1. The van der Waals surface area contributed by atoms with E-state index in [-0.39, 0.29) is 29.0 Å². The van der Waals surface area contributed by atoms with Gasteiger partial charge in [-0.05, 0) is 37.0 Å². The third kappa shape index (κ3) is 2.52. The van der Waals surface area contributed by atoms with Crippen LogP contribution in [0.15, 0.2) is 18.2 Å². The molecule has 17 heavy (non-hydrogen) atoms. The molecule has 0 aliphatic heterocycles. The molecule has 1 aliphatic rings. The molecule has 2 unspecified atom stereocenters. The minimum absolute atomic E-state index is 0.0209. The molecule has 4 heteroatoms. The van der Waals surface area contributed by atoms with Crippen molar-refractivity contribution in [3.8, 4) is 11.5 Å². The van der Waals surface area contributed by atoms with Crippen LogP contribution in [0.2, 0.25) is 0 Å². The molecule has 0 radical (unpaired) electrons. The zero-order valence-corrected chi connectivity index (χ0v) is 9.81. The highest BCUT2D eigenvalue weighted by Crippen LogP contribution is 2.26. The second-order valence-electron chi connectivity index (χ2n) is 4.69. The van der Waals surface area contributed by atoms with Crippen molar-refractivity contribution >= 4 is 5.91 Å². The molecule has 4 nitrogen and oxygen atoms in total. The van der Waals surface area contributed by atoms with Crippen LogP contribution in [0.25, 0.3) is 0 Å². The molecule has 1 amide bonds. The van der Waals surface area contributed by atoms with Crippen LogP contribution in [0.1, 0.15) is 36.5 Å². The fraction of sp³-hybridized carbons (Fsp3) is 0.462. The Labute approximate surface area is 100 Å². The van der Waals surface area contributed by atoms with Gasteiger partial charge < -0.3 is 15.5 Å². The van der Waals surface area contributed by atoms with Gasteiger partial charge in [-0.25, -0.2) is 0 Å². The van der Waals surface area contributed by atoms with E-state index in [4.69, 9.17) is 0 Å². The predicted molar refractivity (Wildman–Crippen MR) is 64.0 cm³/mol. The molecule has 0 saturated heterocycles. The van der Waals surface area contributed by atoms with Gasteiger partial charge in [0.1, 0.15) is 11.5 Å². The maximum absolute atomic E-state index is 11.9. The average Bonchev–Trinajstić information content (AvgIpc) is 2.68. The van der Waals surface area contributed by atoms with Crippen LogP contribution in [0.3, 0.4) is 0 Å². The summed E-state index contributed by atoms with van der Waals surface area (Å²) in [4.78, 5) is 11.9. The Kier molecular flexibility index (Phi) is 3.22. The molecule has 2 atom stereocenters. The zero-order chi connectivity index (χ0) is 12.4. The van der Waals surface area contributed by atoms with E-state index in [1.54, 1.807) is 0 Å². The highest BCUT2D eigenvalue weighted by atomic mass is 16.3. The summed E-state index contributed by atoms with van der Waals surface area (Å²) in [5.74, 6) is 0.0222. The molecule has 1 aliphatic carbocycles. The van der Waals surface area contributed by atoms with Crippen LogP contribution in [-0.2, 0) is 0 Å². The fourth-order valence-corrected chi connectivity index (χ4v) is 2.31. The summed E-state index contributed by atoms with van der Waals surface area (Å²) in [6, 6.07) is 4.13. The number of amides is 1. The Morgan fingerprint density at radius 1 is 1.35 bits per heavy atom. The first kappa shape index (κ1) is 11.8. The zero-order valence-electron chi connectivity index (χ0n) is 9.81. The number of carbonyl (C=O) groups excluding carboxylic acids is 1. The van der Waals surface area contributed by atoms with Gasteiger partial charge in [0.05, 0.1) is 5.56 Å². The number of rotatable bonds is 2. The van der Waals surface area contributed by atoms with Crippen LogP contribution < -0.4 is 5.32 Å². The quantitative estimate of drug-likeness (QED) is 0.687. The van der Waals surface area contributed by atoms with Crippen molar-refractivity contribution in [2.45, 2.75) is 32.2 Å². The second-order valence-corrected chi connectivity index (χ2v) is 4.69. The minimum atomic E-state index is -0.322. The number of phenolic OH excluding ortho intramolecular Hbond substituents is 2. The summed E-state index contributed by atoms with van der Waals surface area (Å²) in [6.45, 7) is 2.11. The van der Waals surface area contributed by atoms with Gasteiger partial charge in [0.15, 0.2) is 0 Å². The second kappa shape index (κ2) is 4.65. The van der Waals surface area contributed by atoms with Gasteiger partial charge in [-0.3, -0.25) is 4.79 Å². The summed E-state index contributed by atoms with van der Waals surface area (Å²) in [7, 11) is 0. The summed E-state index contributed by atoms with van der Waals surface area (Å²) in [5, 5.41) is 21.8. The maximum atomic E-state index is 11.9. The van der Waals surface area contributed by atoms with Crippen LogP contribution in [0.4, 0.5) is 0 Å². The van der Waals surface area contributed by atoms with Crippen molar-refractivity contribution < 1.29 is 15.0 Å². The number of hydrogen-bond acceptors (Lipinski definition) is 3. The summed E-state index contributed by atoms with van der Waals surface area (Å²) >= 11 is 0. The van der Waals surface area contributed by atoms with E-state index < -0.39 is 0 Å². The monoisotopic (exact) mass is 235 g/mol. The average molecular weight is 235 g/mol. The van der Waals surface area contributed by atoms with Crippen LogP contribution in [-0.4, -0.2) is 22.2 Å². The molecule has 0 spiro atoms. The van der Waals surface area contributed by atoms with Gasteiger partial charge in [-0.15, -0.1) is 0 Å². The van der Waals surface area contributed by atoms with Crippen molar-refractivity contribution in [2.75, 3.05) is 0 Å². The molecule has 1 aromatic rings. The van der Waals surface area contributed by atoms with E-state index in [0.717, 1.165) is 19.3 Å². The summed E-state index contributed by atoms with van der Waals surface area (Å²) < 4.78 is 0. The third-order valence-corrected chi connectivity index (χ3v) is 3.40. The molecule has 1 saturated carbocycles. The van der Waals surface area contributed by atoms with E-state index in [9.17, 15) is 15.0 Å². The van der Waals surface area contributed by atoms with Gasteiger partial charge in [-0.2, -0.15) is 0 Å². The lowest BCUT2D eigenvalue weighted by Crippen LogP contribution is -2.36. The lowest BCUT2D eigenvalue weighted by atomic mass is 10.1. The van der Waals surface area contributed by atoms with Gasteiger partial charge >= 0.3 is 0 Å². The van der Waals surface area contributed by atoms with E-state index in [1.807, 2.05) is 0 Å². The summed E-state index contributed by atoms with van der Waals surface area (Å²) in [6.07, 6.45) is 3.22. The van der Waals surface area contributed by atoms with Gasteiger partial charge in [0, 0.05) is 6.04 Å². The molecule has 92 valence electrons. The molecule has 0 aromatic heterocycles. The smallest absolute Gasteiger partial charge is 0.255 e. The van der Waals surface area contributed by atoms with Crippen molar-refractivity contribution in [2.24, 2.45) is 5.92 Å². The van der Waals surface area contributed by atoms with Crippen molar-refractivity contribution in [3.05, 3.63) is 23.8 Å². The van der Waals surface area contributed by atoms with E-state index >= 15 is 0 Å². The molecular weight excluding hydrogens is 218 g/mol. The molecule has 0 heterocycles. The van der Waals surface area contributed by atoms with Gasteiger partial charge in [-0.1, -0.05) is 13.3 Å². The highest BCUT2D eigenvalue weighted by molar-refractivity contribution is 5.97. The fourth-order valence-electron chi connectivity index (χ4n) is 2.31. The number of aromatic hydroxyl groups is 2. The first-order valence-corrected chi connectivity index (χ1v) is 5.91. The number of benzene rings is 1. The molecule has 3 N–H and O–H groups in total. The van der Waals surface area contributed by atoms with E-state index in [0.29, 0.717) is 5.92 Å². The van der Waals surface area contributed by atoms with Gasteiger partial charge in [0.2, 0.25) is 0 Å². The van der Waals surface area contributed by atoms with E-state index in [1.165, 1.54) is 18.2 Å². The Hall–Kier alpha value is -1.71. The Morgan fingerprint density at radius 3 is 2.76 bits per heavy atom. The SMILES string of the molecule is CC1CCCC1NC(=O)c1cc(O)ccc1O. The third-order valence-electron chi connectivity index (χ3n) is 3.40. The van der Waals surface area contributed by atoms with Crippen LogP contribution in [0.5, 0.6) is 11.5 Å². The maximum Gasteiger partial charge on any atom is 0.255 e. The Morgan fingerprint density at radius 2 is 2.12 bits per heavy atom. The Bertz CT molecular complexity index is 431. The summed E-state index contributed by atoms with van der Waals surface area (Å²) in [5.41, 5.74) is 0.129. The topological polar surface area (TPSA) is 69.6 Å². The molecular formula is C13H17NO3. The van der Waals surface area contributed by atoms with E-state index in [2.05, 4.69) is 12.2 Å². The Balaban J connectivity index is 2.11. The standard InChI is InChI=1S/C13H17NO3/c1-8-3-2-4-11(8)14-13(17)10-7-9(15)5-6-12(10)16/h5-8,11,15-16H,2-4H2,1H3,(H,14,17). The van der Waals surface area contributed by atoms with Crippen molar-refractivity contribution in [1.29, 1.82) is 0 Å². The normalized spacial score (nSPS) is 23.6. The first-order chi connectivity index (χ1) is 8.08. The molecule has 2 rings (SSSR count). The molecule has 0 bridgehead atoms. The number of phenols is 2. The minimum Gasteiger partial charge on any atom is -0.508 e. The molecule has 1 fully saturated rings.